The van der Waals surface area contributed by atoms with Crippen LogP contribution >= 0.6 is 0 Å². The Hall–Kier alpha value is -1.09. The van der Waals surface area contributed by atoms with Crippen molar-refractivity contribution in [2.75, 3.05) is 6.61 Å². The van der Waals surface area contributed by atoms with Gasteiger partial charge in [-0.15, -0.1) is 0 Å². The minimum atomic E-state index is -0.0767. The maximum atomic E-state index is 9.34. The topological polar surface area (TPSA) is 54.6 Å². The van der Waals surface area contributed by atoms with Gasteiger partial charge in [-0.2, -0.15) is 0 Å². The van der Waals surface area contributed by atoms with Crippen LogP contribution in [0.5, 0.6) is 0 Å². The first-order chi connectivity index (χ1) is 5.16. The van der Waals surface area contributed by atoms with Gasteiger partial charge in [0.2, 0.25) is 6.21 Å². The molecule has 0 spiro atoms. The molecule has 0 bridgehead atoms. The van der Waals surface area contributed by atoms with E-state index in [9.17, 15) is 5.11 Å². The summed E-state index contributed by atoms with van der Waals surface area (Å²) in [6, 6.07) is 0. The Bertz CT molecular complexity index is 261. The molecule has 1 heterocycles. The Morgan fingerprint density at radius 1 is 1.45 bits per heavy atom. The van der Waals surface area contributed by atoms with Gasteiger partial charge in [-0.3, -0.25) is 0 Å². The fourth-order valence-electron chi connectivity index (χ4n) is 0.916. The lowest BCUT2D eigenvalue weighted by atomic mass is 10.1. The molecule has 59 valence electrons. The van der Waals surface area contributed by atoms with Crippen molar-refractivity contribution >= 4 is 6.21 Å². The SMILES string of the molecule is CC1=C(O)C(C)=C(CO)C=[N+]1. The van der Waals surface area contributed by atoms with E-state index < -0.39 is 0 Å². The van der Waals surface area contributed by atoms with Crippen LogP contribution in [0.3, 0.4) is 0 Å². The Labute approximate surface area is 65.4 Å². The summed E-state index contributed by atoms with van der Waals surface area (Å²) in [4.78, 5) is 3.90. The van der Waals surface area contributed by atoms with Crippen molar-refractivity contribution in [3.8, 4) is 0 Å². The number of hydrogen-bond acceptors (Lipinski definition) is 3. The van der Waals surface area contributed by atoms with E-state index in [-0.39, 0.29) is 12.4 Å². The lowest BCUT2D eigenvalue weighted by Crippen LogP contribution is -2.10. The predicted molar refractivity (Wildman–Crippen MR) is 43.3 cm³/mol. The second-order valence-electron chi connectivity index (χ2n) is 2.50. The van der Waals surface area contributed by atoms with Crippen LogP contribution in [0.4, 0.5) is 0 Å². The fraction of sp³-hybridized carbons (Fsp3) is 0.375. The van der Waals surface area contributed by atoms with Crippen molar-refractivity contribution < 1.29 is 10.2 Å². The Morgan fingerprint density at radius 2 is 2.09 bits per heavy atom. The number of hydrogen-bond donors (Lipinski definition) is 2. The molecule has 1 radical (unpaired) electrons. The second-order valence-corrected chi connectivity index (χ2v) is 2.50. The highest BCUT2D eigenvalue weighted by Gasteiger charge is 2.20. The first-order valence-electron chi connectivity index (χ1n) is 3.41. The van der Waals surface area contributed by atoms with Crippen molar-refractivity contribution in [1.29, 1.82) is 0 Å². The molecule has 3 nitrogen and oxygen atoms in total. The van der Waals surface area contributed by atoms with Crippen molar-refractivity contribution in [2.45, 2.75) is 13.8 Å². The van der Waals surface area contributed by atoms with E-state index in [0.29, 0.717) is 16.8 Å². The highest BCUT2D eigenvalue weighted by Crippen LogP contribution is 2.15. The summed E-state index contributed by atoms with van der Waals surface area (Å²) in [5.74, 6) is 0.177. The molecular weight excluding hydrogens is 142 g/mol. The van der Waals surface area contributed by atoms with Gasteiger partial charge in [-0.1, -0.05) is 0 Å². The molecule has 0 saturated heterocycles. The van der Waals surface area contributed by atoms with Crippen molar-refractivity contribution in [2.24, 2.45) is 0 Å². The van der Waals surface area contributed by atoms with Gasteiger partial charge in [0.15, 0.2) is 5.76 Å². The molecule has 0 saturated carbocycles. The smallest absolute Gasteiger partial charge is 0.292 e. The summed E-state index contributed by atoms with van der Waals surface area (Å²) >= 11 is 0. The van der Waals surface area contributed by atoms with E-state index in [4.69, 9.17) is 5.11 Å². The summed E-state index contributed by atoms with van der Waals surface area (Å²) in [6.07, 6.45) is 1.57. The van der Waals surface area contributed by atoms with Crippen LogP contribution in [0, 0.1) is 0 Å². The van der Waals surface area contributed by atoms with E-state index in [1.54, 1.807) is 20.1 Å². The second kappa shape index (κ2) is 2.88. The largest absolute Gasteiger partial charge is 0.502 e. The normalized spacial score (nSPS) is 18.1. The number of aliphatic imine (C=N–C) groups is 1. The molecule has 3 heteroatoms. The average Bonchev–Trinajstić information content (AvgIpc) is 2.01. The molecule has 1 aliphatic rings. The van der Waals surface area contributed by atoms with E-state index in [0.717, 1.165) is 0 Å². The van der Waals surface area contributed by atoms with Crippen LogP contribution in [-0.4, -0.2) is 23.0 Å². The number of rotatable bonds is 1. The molecule has 0 unspecified atom stereocenters. The van der Waals surface area contributed by atoms with Gasteiger partial charge in [0.05, 0.1) is 17.2 Å². The third-order valence-corrected chi connectivity index (χ3v) is 1.76. The van der Waals surface area contributed by atoms with Gasteiger partial charge in [-0.05, 0) is 6.92 Å². The van der Waals surface area contributed by atoms with Gasteiger partial charge in [0, 0.05) is 12.5 Å². The first-order valence-corrected chi connectivity index (χ1v) is 3.41. The van der Waals surface area contributed by atoms with E-state index in [2.05, 4.69) is 4.99 Å². The monoisotopic (exact) mass is 153 g/mol. The number of nitrogens with zero attached hydrogens (tertiary/aromatic N) is 1. The van der Waals surface area contributed by atoms with Crippen LogP contribution < -0.4 is 4.99 Å². The number of aliphatic hydroxyl groups is 2. The molecule has 1 aliphatic heterocycles. The van der Waals surface area contributed by atoms with Crippen LogP contribution in [0.2, 0.25) is 0 Å². The molecule has 0 amide bonds. The molecule has 0 aromatic rings. The lowest BCUT2D eigenvalue weighted by molar-refractivity contribution is 0.333. The zero-order valence-electron chi connectivity index (χ0n) is 6.63. The van der Waals surface area contributed by atoms with Gasteiger partial charge in [0.25, 0.3) is 5.70 Å². The quantitative estimate of drug-likeness (QED) is 0.576. The standard InChI is InChI=1S/C8H11NO2/c1-5-7(4-10)3-9-6(2)8(5)11/h3,10-11H,4H2,1-2H3/q+1. The Balaban J connectivity index is 3.11. The van der Waals surface area contributed by atoms with Crippen LogP contribution in [0.1, 0.15) is 13.8 Å². The maximum Gasteiger partial charge on any atom is 0.292 e. The fourth-order valence-corrected chi connectivity index (χ4v) is 0.916. The maximum absolute atomic E-state index is 9.34. The summed E-state index contributed by atoms with van der Waals surface area (Å²) in [5, 5.41) is 18.1. The van der Waals surface area contributed by atoms with Gasteiger partial charge >= 0.3 is 0 Å². The van der Waals surface area contributed by atoms with Gasteiger partial charge in [-0.25, -0.2) is 0 Å². The van der Waals surface area contributed by atoms with Crippen molar-refractivity contribution in [3.05, 3.63) is 22.6 Å². The Kier molecular flexibility index (Phi) is 2.10. The molecule has 0 atom stereocenters. The molecule has 2 N–H and O–H groups in total. The predicted octanol–water partition coefficient (Wildman–Crippen LogP) is 0.505. The highest BCUT2D eigenvalue weighted by molar-refractivity contribution is 5.82. The zero-order valence-corrected chi connectivity index (χ0v) is 6.63. The van der Waals surface area contributed by atoms with E-state index >= 15 is 0 Å². The number of allylic oxidation sites excluding steroid dienone is 2. The van der Waals surface area contributed by atoms with E-state index in [1.807, 2.05) is 0 Å². The molecule has 0 aliphatic carbocycles. The summed E-state index contributed by atoms with van der Waals surface area (Å²) in [7, 11) is 0. The summed E-state index contributed by atoms with van der Waals surface area (Å²) in [5.41, 5.74) is 1.98. The van der Waals surface area contributed by atoms with Crippen LogP contribution in [-0.2, 0) is 0 Å². The third-order valence-electron chi connectivity index (χ3n) is 1.76. The van der Waals surface area contributed by atoms with Crippen molar-refractivity contribution in [1.82, 2.24) is 4.99 Å². The van der Waals surface area contributed by atoms with Crippen LogP contribution in [0.15, 0.2) is 22.6 Å². The van der Waals surface area contributed by atoms with Gasteiger partial charge in [0.1, 0.15) is 0 Å². The molecule has 0 aromatic carbocycles. The van der Waals surface area contributed by atoms with Crippen LogP contribution in [0.25, 0.3) is 0 Å². The minimum Gasteiger partial charge on any atom is -0.502 e. The van der Waals surface area contributed by atoms with E-state index in [1.165, 1.54) is 0 Å². The summed E-state index contributed by atoms with van der Waals surface area (Å²) in [6.45, 7) is 3.41. The third kappa shape index (κ3) is 1.33. The highest BCUT2D eigenvalue weighted by atomic mass is 16.3. The molecule has 0 fully saturated rings. The Morgan fingerprint density at radius 3 is 2.64 bits per heavy atom. The zero-order chi connectivity index (χ0) is 8.43. The summed E-state index contributed by atoms with van der Waals surface area (Å²) < 4.78 is 0. The minimum absolute atomic E-state index is 0.0767. The van der Waals surface area contributed by atoms with Crippen molar-refractivity contribution in [3.63, 3.8) is 0 Å². The molecular formula is C8H11NO2+. The first kappa shape index (κ1) is 8.01. The molecule has 11 heavy (non-hydrogen) atoms. The molecule has 0 aromatic heterocycles. The number of aliphatic hydroxyl groups excluding tert-OH is 2. The molecule has 1 rings (SSSR count). The van der Waals surface area contributed by atoms with Gasteiger partial charge < -0.3 is 10.2 Å². The average molecular weight is 153 g/mol. The lowest BCUT2D eigenvalue weighted by Gasteiger charge is -2.03.